The van der Waals surface area contributed by atoms with E-state index in [1.165, 1.54) is 6.33 Å². The van der Waals surface area contributed by atoms with Crippen molar-refractivity contribution in [3.8, 4) is 0 Å². The third-order valence-electron chi connectivity index (χ3n) is 2.37. The van der Waals surface area contributed by atoms with Crippen molar-refractivity contribution in [2.75, 3.05) is 13.2 Å². The first-order chi connectivity index (χ1) is 6.11. The number of aryl methyl sites for hydroxylation is 1. The molecule has 1 fully saturated rings. The van der Waals surface area contributed by atoms with E-state index < -0.39 is 0 Å². The van der Waals surface area contributed by atoms with Crippen LogP contribution in [0.5, 0.6) is 0 Å². The largest absolute Gasteiger partial charge is 0.380 e. The van der Waals surface area contributed by atoms with E-state index in [4.69, 9.17) is 4.74 Å². The van der Waals surface area contributed by atoms with Crippen LogP contribution in [0.25, 0.3) is 0 Å². The van der Waals surface area contributed by atoms with Gasteiger partial charge in [0, 0.05) is 12.5 Å². The number of hydrogen-bond donors (Lipinski definition) is 0. The van der Waals surface area contributed by atoms with Gasteiger partial charge in [0.25, 0.3) is 0 Å². The number of nitrogens with zero attached hydrogens (tertiary/aromatic N) is 3. The molecule has 1 saturated heterocycles. The zero-order chi connectivity index (χ0) is 9.47. The number of hydrogen-bond acceptors (Lipinski definition) is 3. The molecule has 5 heteroatoms. The van der Waals surface area contributed by atoms with E-state index in [0.29, 0.717) is 6.54 Å². The zero-order valence-corrected chi connectivity index (χ0v) is 7.86. The molecule has 0 unspecified atom stereocenters. The Kier molecular flexibility index (Phi) is 1.76. The van der Waals surface area contributed by atoms with Crippen LogP contribution >= 0.6 is 0 Å². The van der Waals surface area contributed by atoms with Crippen molar-refractivity contribution in [2.24, 2.45) is 12.5 Å². The monoisotopic (exact) mass is 183 g/mol. The summed E-state index contributed by atoms with van der Waals surface area (Å²) < 4.78 is 8.46. The van der Waals surface area contributed by atoms with Crippen molar-refractivity contribution >= 4 is 0 Å². The Morgan fingerprint density at radius 3 is 2.77 bits per heavy atom. The van der Waals surface area contributed by atoms with E-state index in [1.54, 1.807) is 9.36 Å². The van der Waals surface area contributed by atoms with Gasteiger partial charge in [-0.05, 0) is 0 Å². The van der Waals surface area contributed by atoms with Crippen LogP contribution in [0.15, 0.2) is 11.1 Å². The lowest BCUT2D eigenvalue weighted by atomic mass is 9.89. The van der Waals surface area contributed by atoms with Gasteiger partial charge in [-0.1, -0.05) is 6.92 Å². The lowest BCUT2D eigenvalue weighted by molar-refractivity contribution is -0.113. The van der Waals surface area contributed by atoms with Crippen molar-refractivity contribution in [2.45, 2.75) is 13.5 Å². The molecule has 2 heterocycles. The number of aromatic nitrogens is 3. The van der Waals surface area contributed by atoms with Gasteiger partial charge in [-0.15, -0.1) is 0 Å². The van der Waals surface area contributed by atoms with Crippen molar-refractivity contribution in [3.63, 3.8) is 0 Å². The van der Waals surface area contributed by atoms with Gasteiger partial charge in [-0.2, -0.15) is 4.98 Å². The summed E-state index contributed by atoms with van der Waals surface area (Å²) in [6.07, 6.45) is 1.53. The van der Waals surface area contributed by atoms with Gasteiger partial charge in [0.2, 0.25) is 0 Å². The van der Waals surface area contributed by atoms with Crippen LogP contribution in [0.3, 0.4) is 0 Å². The summed E-state index contributed by atoms with van der Waals surface area (Å²) in [6.45, 7) is 4.24. The van der Waals surface area contributed by atoms with Crippen LogP contribution in [0.4, 0.5) is 0 Å². The first-order valence-electron chi connectivity index (χ1n) is 4.27. The molecule has 0 bridgehead atoms. The maximum absolute atomic E-state index is 11.2. The van der Waals surface area contributed by atoms with Crippen LogP contribution in [-0.2, 0) is 18.3 Å². The predicted octanol–water partition coefficient (Wildman–Crippen LogP) is -0.382. The average molecular weight is 183 g/mol. The minimum atomic E-state index is -0.185. The molecule has 13 heavy (non-hydrogen) atoms. The fourth-order valence-electron chi connectivity index (χ4n) is 1.48. The smallest absolute Gasteiger partial charge is 0.363 e. The van der Waals surface area contributed by atoms with Gasteiger partial charge < -0.3 is 4.74 Å². The minimum Gasteiger partial charge on any atom is -0.380 e. The summed E-state index contributed by atoms with van der Waals surface area (Å²) in [5.74, 6) is 0. The Balaban J connectivity index is 2.22. The van der Waals surface area contributed by atoms with Crippen LogP contribution in [0, 0.1) is 5.41 Å². The Morgan fingerprint density at radius 1 is 1.69 bits per heavy atom. The predicted molar refractivity (Wildman–Crippen MR) is 46.4 cm³/mol. The molecule has 1 aromatic rings. The molecule has 72 valence electrons. The minimum absolute atomic E-state index is 0.109. The van der Waals surface area contributed by atoms with Crippen molar-refractivity contribution < 1.29 is 4.74 Å². The highest BCUT2D eigenvalue weighted by Crippen LogP contribution is 2.27. The molecule has 0 saturated carbocycles. The second-order valence-electron chi connectivity index (χ2n) is 3.96. The molecule has 1 aliphatic rings. The fourth-order valence-corrected chi connectivity index (χ4v) is 1.48. The van der Waals surface area contributed by atoms with E-state index in [1.807, 2.05) is 7.05 Å². The third kappa shape index (κ3) is 1.39. The Morgan fingerprint density at radius 2 is 2.38 bits per heavy atom. The van der Waals surface area contributed by atoms with Crippen LogP contribution < -0.4 is 5.69 Å². The molecule has 1 aliphatic heterocycles. The van der Waals surface area contributed by atoms with Crippen LogP contribution in [0.2, 0.25) is 0 Å². The maximum Gasteiger partial charge on any atom is 0.363 e. The summed E-state index contributed by atoms with van der Waals surface area (Å²) in [5, 5.41) is 0. The summed E-state index contributed by atoms with van der Waals surface area (Å²) >= 11 is 0. The van der Waals surface area contributed by atoms with E-state index in [0.717, 1.165) is 13.2 Å². The highest BCUT2D eigenvalue weighted by Gasteiger charge is 2.34. The molecular formula is C8H13N3O2. The maximum atomic E-state index is 11.2. The standard InChI is InChI=1S/C8H13N3O2/c1-8(4-13-5-8)3-11-7(12)9-6-10(11)2/h6H,3-5H2,1-2H3. The quantitative estimate of drug-likeness (QED) is 0.628. The fraction of sp³-hybridized carbons (Fsp3) is 0.750. The van der Waals surface area contributed by atoms with E-state index in [-0.39, 0.29) is 11.1 Å². The normalized spacial score (nSPS) is 19.8. The molecular weight excluding hydrogens is 170 g/mol. The third-order valence-corrected chi connectivity index (χ3v) is 2.37. The summed E-state index contributed by atoms with van der Waals surface area (Å²) in [5.41, 5.74) is -0.0759. The summed E-state index contributed by atoms with van der Waals surface area (Å²) in [4.78, 5) is 14.9. The highest BCUT2D eigenvalue weighted by molar-refractivity contribution is 4.81. The lowest BCUT2D eigenvalue weighted by Crippen LogP contribution is -2.45. The van der Waals surface area contributed by atoms with Gasteiger partial charge in [0.1, 0.15) is 6.33 Å². The van der Waals surface area contributed by atoms with Gasteiger partial charge >= 0.3 is 5.69 Å². The van der Waals surface area contributed by atoms with Crippen LogP contribution in [0.1, 0.15) is 6.92 Å². The van der Waals surface area contributed by atoms with Crippen LogP contribution in [-0.4, -0.2) is 27.6 Å². The average Bonchev–Trinajstić information content (AvgIpc) is 2.33. The number of rotatable bonds is 2. The molecule has 0 atom stereocenters. The molecule has 5 nitrogen and oxygen atoms in total. The van der Waals surface area contributed by atoms with Gasteiger partial charge in [-0.3, -0.25) is 4.68 Å². The molecule has 0 aliphatic carbocycles. The Labute approximate surface area is 75.9 Å². The van der Waals surface area contributed by atoms with Gasteiger partial charge in [-0.25, -0.2) is 9.48 Å². The molecule has 0 spiro atoms. The lowest BCUT2D eigenvalue weighted by Gasteiger charge is -2.38. The summed E-state index contributed by atoms with van der Waals surface area (Å²) in [6, 6.07) is 0. The number of ether oxygens (including phenoxy) is 1. The highest BCUT2D eigenvalue weighted by atomic mass is 16.5. The molecule has 0 aromatic carbocycles. The van der Waals surface area contributed by atoms with E-state index >= 15 is 0 Å². The molecule has 2 rings (SSSR count). The van der Waals surface area contributed by atoms with Crippen molar-refractivity contribution in [1.82, 2.24) is 14.3 Å². The summed E-state index contributed by atoms with van der Waals surface area (Å²) in [7, 11) is 1.82. The van der Waals surface area contributed by atoms with Gasteiger partial charge in [0.15, 0.2) is 0 Å². The molecule has 0 N–H and O–H groups in total. The first kappa shape index (κ1) is 8.50. The van der Waals surface area contributed by atoms with Crippen molar-refractivity contribution in [1.29, 1.82) is 0 Å². The Bertz CT molecular complexity index is 362. The zero-order valence-electron chi connectivity index (χ0n) is 7.86. The first-order valence-corrected chi connectivity index (χ1v) is 4.27. The molecule has 0 radical (unpaired) electrons. The van der Waals surface area contributed by atoms with Crippen molar-refractivity contribution in [3.05, 3.63) is 16.8 Å². The van der Waals surface area contributed by atoms with Gasteiger partial charge in [0.05, 0.1) is 19.8 Å². The Hall–Kier alpha value is -1.10. The molecule has 0 amide bonds. The topological polar surface area (TPSA) is 49.0 Å². The second kappa shape index (κ2) is 2.70. The second-order valence-corrected chi connectivity index (χ2v) is 3.96. The van der Waals surface area contributed by atoms with E-state index in [2.05, 4.69) is 11.9 Å². The van der Waals surface area contributed by atoms with E-state index in [9.17, 15) is 4.79 Å². The SMILES string of the molecule is Cn1cnc(=O)n1CC1(C)COC1. The molecule has 1 aromatic heterocycles.